The van der Waals surface area contributed by atoms with Crippen molar-refractivity contribution in [1.82, 2.24) is 9.97 Å². The standard InChI is InChI=1S/C30H38F6N6O/c31-29(32,33)22-12-10-20(11-13-22)6-3-8-24(43)23-7-4-16-42(23)27-19-26(39-28(40-27)30(34,35)36)41-17-14-21(15-18-41)5-1-2-9-25(37)38/h10-13,19,21,23H,1-9,14-18H2,(H3,37,38)/t23-/m0/s1. The molecule has 0 bridgehead atoms. The lowest BCUT2D eigenvalue weighted by Gasteiger charge is -2.34. The number of nitrogens with zero attached hydrogens (tertiary/aromatic N) is 4. The zero-order valence-corrected chi connectivity index (χ0v) is 24.0. The van der Waals surface area contributed by atoms with Crippen molar-refractivity contribution in [3.05, 3.63) is 47.3 Å². The average Bonchev–Trinajstić information content (AvgIpc) is 3.45. The smallest absolute Gasteiger partial charge is 0.388 e. The number of unbranched alkanes of at least 4 members (excludes halogenated alkanes) is 1. The molecule has 0 aliphatic carbocycles. The van der Waals surface area contributed by atoms with Gasteiger partial charge in [-0.25, -0.2) is 9.97 Å². The highest BCUT2D eigenvalue weighted by Gasteiger charge is 2.39. The van der Waals surface area contributed by atoms with Crippen LogP contribution in [0.4, 0.5) is 38.0 Å². The van der Waals surface area contributed by atoms with Gasteiger partial charge < -0.3 is 15.5 Å². The summed E-state index contributed by atoms with van der Waals surface area (Å²) in [5.74, 6) is -0.435. The van der Waals surface area contributed by atoms with Crippen LogP contribution in [0.3, 0.4) is 0 Å². The van der Waals surface area contributed by atoms with Gasteiger partial charge in [0.15, 0.2) is 5.78 Å². The third-order valence-electron chi connectivity index (χ3n) is 8.29. The number of nitrogens with two attached hydrogens (primary N) is 1. The number of carbonyl (C=O) groups excluding carboxylic acids is 1. The fourth-order valence-electron chi connectivity index (χ4n) is 5.93. The van der Waals surface area contributed by atoms with Crippen molar-refractivity contribution in [2.24, 2.45) is 11.7 Å². The summed E-state index contributed by atoms with van der Waals surface area (Å²) in [6.07, 6.45) is -2.04. The first-order valence-corrected chi connectivity index (χ1v) is 14.8. The minimum atomic E-state index is -4.75. The monoisotopic (exact) mass is 612 g/mol. The van der Waals surface area contributed by atoms with E-state index in [2.05, 4.69) is 9.97 Å². The van der Waals surface area contributed by atoms with Gasteiger partial charge in [-0.2, -0.15) is 26.3 Å². The second kappa shape index (κ2) is 13.9. The number of amidine groups is 1. The van der Waals surface area contributed by atoms with Crippen molar-refractivity contribution in [1.29, 1.82) is 5.41 Å². The Labute approximate surface area is 247 Å². The van der Waals surface area contributed by atoms with E-state index in [0.29, 0.717) is 63.2 Å². The molecule has 0 radical (unpaired) electrons. The van der Waals surface area contributed by atoms with Crippen LogP contribution in [0.5, 0.6) is 0 Å². The number of halogens is 6. The van der Waals surface area contributed by atoms with Crippen molar-refractivity contribution in [3.63, 3.8) is 0 Å². The van der Waals surface area contributed by atoms with Crippen LogP contribution < -0.4 is 15.5 Å². The first-order chi connectivity index (χ1) is 20.3. The van der Waals surface area contributed by atoms with E-state index in [1.54, 1.807) is 11.0 Å². The number of carbonyl (C=O) groups is 1. The van der Waals surface area contributed by atoms with Crippen LogP contribution in [-0.2, 0) is 23.6 Å². The Morgan fingerprint density at radius 3 is 2.19 bits per heavy atom. The number of anilines is 2. The number of benzene rings is 1. The van der Waals surface area contributed by atoms with Gasteiger partial charge in [-0.05, 0) is 68.6 Å². The maximum Gasteiger partial charge on any atom is 0.451 e. The molecule has 13 heteroatoms. The van der Waals surface area contributed by atoms with Crippen LogP contribution in [0.15, 0.2) is 30.3 Å². The number of alkyl halides is 6. The van der Waals surface area contributed by atoms with Crippen LogP contribution in [-0.4, -0.2) is 47.3 Å². The topological polar surface area (TPSA) is 99.2 Å². The molecule has 43 heavy (non-hydrogen) atoms. The molecule has 236 valence electrons. The summed E-state index contributed by atoms with van der Waals surface area (Å²) in [6.45, 7) is 1.53. The second-order valence-electron chi connectivity index (χ2n) is 11.5. The van der Waals surface area contributed by atoms with Gasteiger partial charge in [-0.15, -0.1) is 0 Å². The summed E-state index contributed by atoms with van der Waals surface area (Å²) in [7, 11) is 0. The van der Waals surface area contributed by atoms with Crippen molar-refractivity contribution < 1.29 is 31.1 Å². The number of nitrogens with one attached hydrogen (secondary N) is 1. The van der Waals surface area contributed by atoms with E-state index in [1.165, 1.54) is 12.1 Å². The number of aryl methyl sites for hydroxylation is 1. The van der Waals surface area contributed by atoms with E-state index in [0.717, 1.165) is 44.2 Å². The number of piperidine rings is 1. The first-order valence-electron chi connectivity index (χ1n) is 14.8. The van der Waals surface area contributed by atoms with Gasteiger partial charge in [0.25, 0.3) is 0 Å². The molecule has 7 nitrogen and oxygen atoms in total. The van der Waals surface area contributed by atoms with E-state index >= 15 is 0 Å². The molecule has 2 aromatic rings. The first kappa shape index (κ1) is 32.5. The maximum atomic E-state index is 13.9. The Balaban J connectivity index is 1.39. The molecular weight excluding hydrogens is 574 g/mol. The lowest BCUT2D eigenvalue weighted by Crippen LogP contribution is -2.38. The fourth-order valence-corrected chi connectivity index (χ4v) is 5.93. The Bertz CT molecular complexity index is 1240. The second-order valence-corrected chi connectivity index (χ2v) is 11.5. The third-order valence-corrected chi connectivity index (χ3v) is 8.29. The van der Waals surface area contributed by atoms with E-state index in [4.69, 9.17) is 11.1 Å². The summed E-state index contributed by atoms with van der Waals surface area (Å²) in [5, 5.41) is 7.33. The molecule has 0 amide bonds. The van der Waals surface area contributed by atoms with Gasteiger partial charge in [0.2, 0.25) is 5.82 Å². The quantitative estimate of drug-likeness (QED) is 0.119. The summed E-state index contributed by atoms with van der Waals surface area (Å²) < 4.78 is 80.0. The largest absolute Gasteiger partial charge is 0.451 e. The van der Waals surface area contributed by atoms with Gasteiger partial charge in [-0.3, -0.25) is 10.2 Å². The SMILES string of the molecule is N=C(N)CCCCC1CCN(c2cc(N3CCC[C@H]3C(=O)CCCc3ccc(C(F)(F)F)cc3)nc(C(F)(F)F)n2)CC1. The molecule has 2 aliphatic heterocycles. The van der Waals surface area contributed by atoms with Gasteiger partial charge in [-0.1, -0.05) is 25.0 Å². The average molecular weight is 613 g/mol. The van der Waals surface area contributed by atoms with Gasteiger partial charge in [0, 0.05) is 38.5 Å². The lowest BCUT2D eigenvalue weighted by atomic mass is 9.91. The molecule has 2 saturated heterocycles. The van der Waals surface area contributed by atoms with Crippen LogP contribution in [0.1, 0.15) is 81.2 Å². The zero-order valence-electron chi connectivity index (χ0n) is 24.0. The fraction of sp³-hybridized carbons (Fsp3) is 0.600. The predicted octanol–water partition coefficient (Wildman–Crippen LogP) is 6.79. The van der Waals surface area contributed by atoms with Crippen LogP contribution >= 0.6 is 0 Å². The van der Waals surface area contributed by atoms with E-state index in [9.17, 15) is 31.1 Å². The van der Waals surface area contributed by atoms with Crippen molar-refractivity contribution in [3.8, 4) is 0 Å². The molecule has 0 spiro atoms. The summed E-state index contributed by atoms with van der Waals surface area (Å²) in [4.78, 5) is 24.4. The van der Waals surface area contributed by atoms with Gasteiger partial charge >= 0.3 is 12.4 Å². The lowest BCUT2D eigenvalue weighted by molar-refractivity contribution is -0.144. The van der Waals surface area contributed by atoms with Crippen molar-refractivity contribution >= 4 is 23.3 Å². The highest BCUT2D eigenvalue weighted by molar-refractivity contribution is 5.87. The highest BCUT2D eigenvalue weighted by Crippen LogP contribution is 2.35. The molecular formula is C30H38F6N6O. The predicted molar refractivity (Wildman–Crippen MR) is 152 cm³/mol. The molecule has 1 aromatic heterocycles. The molecule has 2 aliphatic rings. The molecule has 3 heterocycles. The molecule has 1 aromatic carbocycles. The van der Waals surface area contributed by atoms with Crippen LogP contribution in [0.25, 0.3) is 0 Å². The Kier molecular flexibility index (Phi) is 10.5. The summed E-state index contributed by atoms with van der Waals surface area (Å²) >= 11 is 0. The molecule has 0 saturated carbocycles. The summed E-state index contributed by atoms with van der Waals surface area (Å²) in [5.41, 5.74) is 5.36. The number of hydrogen-bond donors (Lipinski definition) is 2. The molecule has 0 unspecified atom stereocenters. The molecule has 2 fully saturated rings. The van der Waals surface area contributed by atoms with Crippen molar-refractivity contribution in [2.45, 2.75) is 89.0 Å². The maximum absolute atomic E-state index is 13.9. The van der Waals surface area contributed by atoms with Crippen LogP contribution in [0, 0.1) is 11.3 Å². The molecule has 1 atom stereocenters. The van der Waals surface area contributed by atoms with E-state index in [1.807, 2.05) is 4.90 Å². The molecule has 3 N–H and O–H groups in total. The Hall–Kier alpha value is -3.38. The minimum Gasteiger partial charge on any atom is -0.388 e. The highest BCUT2D eigenvalue weighted by atomic mass is 19.4. The molecule has 4 rings (SSSR count). The van der Waals surface area contributed by atoms with E-state index < -0.39 is 29.8 Å². The van der Waals surface area contributed by atoms with Crippen LogP contribution in [0.2, 0.25) is 0 Å². The van der Waals surface area contributed by atoms with Gasteiger partial charge in [0.1, 0.15) is 11.6 Å². The van der Waals surface area contributed by atoms with Crippen molar-refractivity contribution in [2.75, 3.05) is 29.4 Å². The Morgan fingerprint density at radius 1 is 0.884 bits per heavy atom. The summed E-state index contributed by atoms with van der Waals surface area (Å²) in [6, 6.07) is 5.76. The Morgan fingerprint density at radius 2 is 1.56 bits per heavy atom. The number of ketones is 1. The normalized spacial score (nSPS) is 18.3. The van der Waals surface area contributed by atoms with Gasteiger partial charge in [0.05, 0.1) is 17.4 Å². The number of aromatic nitrogens is 2. The minimum absolute atomic E-state index is 0.0854. The van der Waals surface area contributed by atoms with E-state index in [-0.39, 0.29) is 29.7 Å². The number of hydrogen-bond acceptors (Lipinski definition) is 6. The zero-order chi connectivity index (χ0) is 31.2. The number of Topliss-reactive ketones (excluding diaryl/α,β-unsaturated/α-hetero) is 1. The number of rotatable bonds is 12. The third kappa shape index (κ3) is 9.06.